The van der Waals surface area contributed by atoms with Crippen molar-refractivity contribution in [3.8, 4) is 5.75 Å². The van der Waals surface area contributed by atoms with Crippen LogP contribution in [-0.2, 0) is 11.3 Å². The van der Waals surface area contributed by atoms with E-state index in [1.807, 2.05) is 31.2 Å². The summed E-state index contributed by atoms with van der Waals surface area (Å²) in [6.07, 6.45) is 2.11. The molecule has 1 unspecified atom stereocenters. The van der Waals surface area contributed by atoms with Crippen LogP contribution in [0.5, 0.6) is 5.75 Å². The third-order valence-electron chi connectivity index (χ3n) is 4.21. The Bertz CT molecular complexity index is 692. The number of aromatic nitrogens is 2. The topological polar surface area (TPSA) is 67.5 Å². The molecule has 0 radical (unpaired) electrons. The summed E-state index contributed by atoms with van der Waals surface area (Å²) in [6, 6.07) is 9.52. The molecule has 1 aromatic heterocycles. The van der Waals surface area contributed by atoms with Crippen LogP contribution >= 0.6 is 0 Å². The lowest BCUT2D eigenvalue weighted by atomic mass is 10.1. The fourth-order valence-corrected chi connectivity index (χ4v) is 2.98. The van der Waals surface area contributed by atoms with Gasteiger partial charge in [-0.15, -0.1) is 0 Å². The van der Waals surface area contributed by atoms with E-state index in [2.05, 4.69) is 10.2 Å². The van der Waals surface area contributed by atoms with Crippen LogP contribution in [0.4, 0.5) is 0 Å². The molecule has 6 heteroatoms. The molecule has 24 heavy (non-hydrogen) atoms. The van der Waals surface area contributed by atoms with Crippen LogP contribution in [0.25, 0.3) is 0 Å². The average molecular weight is 329 g/mol. The molecule has 1 aromatic carbocycles. The number of hydrogen-bond acceptors (Lipinski definition) is 4. The molecular formula is C18H23N3O3. The molecule has 1 fully saturated rings. The number of para-hydroxylation sites is 1. The van der Waals surface area contributed by atoms with Gasteiger partial charge in [-0.05, 0) is 31.9 Å². The molecule has 3 rings (SSSR count). The van der Waals surface area contributed by atoms with Crippen molar-refractivity contribution in [2.45, 2.75) is 32.4 Å². The fourth-order valence-electron chi connectivity index (χ4n) is 2.98. The minimum atomic E-state index is -0.0965. The van der Waals surface area contributed by atoms with Crippen LogP contribution in [0, 0.1) is 6.92 Å². The Morgan fingerprint density at radius 1 is 1.46 bits per heavy atom. The van der Waals surface area contributed by atoms with E-state index in [4.69, 9.17) is 9.47 Å². The number of methoxy groups -OCH3 is 1. The molecule has 0 bridgehead atoms. The molecule has 0 spiro atoms. The highest BCUT2D eigenvalue weighted by atomic mass is 16.5. The zero-order chi connectivity index (χ0) is 16.9. The van der Waals surface area contributed by atoms with Crippen molar-refractivity contribution in [1.29, 1.82) is 0 Å². The number of H-pyrrole nitrogens is 1. The summed E-state index contributed by atoms with van der Waals surface area (Å²) >= 11 is 0. The third-order valence-corrected chi connectivity index (χ3v) is 4.21. The van der Waals surface area contributed by atoms with Gasteiger partial charge in [-0.25, -0.2) is 0 Å². The maximum atomic E-state index is 12.9. The lowest BCUT2D eigenvalue weighted by Gasteiger charge is -2.25. The number of nitrogens with zero attached hydrogens (tertiary/aromatic N) is 2. The Morgan fingerprint density at radius 2 is 2.29 bits per heavy atom. The summed E-state index contributed by atoms with van der Waals surface area (Å²) in [5.41, 5.74) is 2.27. The zero-order valence-electron chi connectivity index (χ0n) is 14.1. The van der Waals surface area contributed by atoms with E-state index in [1.165, 1.54) is 0 Å². The first-order valence-corrected chi connectivity index (χ1v) is 8.22. The predicted octanol–water partition coefficient (Wildman–Crippen LogP) is 2.55. The lowest BCUT2D eigenvalue weighted by molar-refractivity contribution is 0.0501. The first kappa shape index (κ1) is 16.5. The SMILES string of the molecule is COc1ccccc1CN(CC1CCCO1)C(=O)c1cc(C)[nH]n1. The monoisotopic (exact) mass is 329 g/mol. The van der Waals surface area contributed by atoms with E-state index < -0.39 is 0 Å². The molecule has 0 aliphatic carbocycles. The van der Waals surface area contributed by atoms with Crippen molar-refractivity contribution in [2.75, 3.05) is 20.3 Å². The molecule has 2 aromatic rings. The van der Waals surface area contributed by atoms with Gasteiger partial charge >= 0.3 is 0 Å². The summed E-state index contributed by atoms with van der Waals surface area (Å²) in [5.74, 6) is 0.682. The van der Waals surface area contributed by atoms with Crippen molar-refractivity contribution < 1.29 is 14.3 Å². The highest BCUT2D eigenvalue weighted by Gasteiger charge is 2.25. The van der Waals surface area contributed by atoms with Gasteiger partial charge in [0.25, 0.3) is 5.91 Å². The number of hydrogen-bond donors (Lipinski definition) is 1. The highest BCUT2D eigenvalue weighted by Crippen LogP contribution is 2.22. The van der Waals surface area contributed by atoms with Gasteiger partial charge in [0.1, 0.15) is 11.4 Å². The maximum Gasteiger partial charge on any atom is 0.274 e. The summed E-state index contributed by atoms with van der Waals surface area (Å²) < 4.78 is 11.1. The smallest absolute Gasteiger partial charge is 0.274 e. The number of ether oxygens (including phenoxy) is 2. The first-order chi connectivity index (χ1) is 11.7. The van der Waals surface area contributed by atoms with Gasteiger partial charge < -0.3 is 14.4 Å². The number of aryl methyl sites for hydroxylation is 1. The number of nitrogens with one attached hydrogen (secondary N) is 1. The predicted molar refractivity (Wildman–Crippen MR) is 90.0 cm³/mol. The van der Waals surface area contributed by atoms with E-state index in [0.29, 0.717) is 18.8 Å². The van der Waals surface area contributed by atoms with E-state index in [0.717, 1.165) is 36.5 Å². The van der Waals surface area contributed by atoms with Crippen LogP contribution in [0.15, 0.2) is 30.3 Å². The van der Waals surface area contributed by atoms with Crippen molar-refractivity contribution in [2.24, 2.45) is 0 Å². The van der Waals surface area contributed by atoms with E-state index in [-0.39, 0.29) is 12.0 Å². The van der Waals surface area contributed by atoms with Gasteiger partial charge in [0.2, 0.25) is 0 Å². The number of rotatable bonds is 6. The molecule has 1 aliphatic heterocycles. The Kier molecular flexibility index (Phi) is 5.15. The Balaban J connectivity index is 1.82. The number of carbonyl (C=O) groups is 1. The molecule has 1 N–H and O–H groups in total. The highest BCUT2D eigenvalue weighted by molar-refractivity contribution is 5.92. The second-order valence-electron chi connectivity index (χ2n) is 6.07. The van der Waals surface area contributed by atoms with Crippen LogP contribution in [0.1, 0.15) is 34.6 Å². The van der Waals surface area contributed by atoms with Gasteiger partial charge in [-0.3, -0.25) is 9.89 Å². The molecule has 1 aliphatic rings. The van der Waals surface area contributed by atoms with Crippen molar-refractivity contribution in [3.63, 3.8) is 0 Å². The molecular weight excluding hydrogens is 306 g/mol. The molecule has 0 saturated carbocycles. The van der Waals surface area contributed by atoms with Crippen LogP contribution in [-0.4, -0.2) is 47.4 Å². The van der Waals surface area contributed by atoms with Gasteiger partial charge in [-0.2, -0.15) is 5.10 Å². The Hall–Kier alpha value is -2.34. The van der Waals surface area contributed by atoms with Gasteiger partial charge in [0, 0.05) is 31.0 Å². The number of amides is 1. The number of benzene rings is 1. The second-order valence-corrected chi connectivity index (χ2v) is 6.07. The summed E-state index contributed by atoms with van der Waals surface area (Å²) in [4.78, 5) is 14.7. The third kappa shape index (κ3) is 3.76. The van der Waals surface area contributed by atoms with Crippen LogP contribution in [0.3, 0.4) is 0 Å². The van der Waals surface area contributed by atoms with Crippen LogP contribution in [0.2, 0.25) is 0 Å². The molecule has 2 heterocycles. The molecule has 1 atom stereocenters. The molecule has 1 saturated heterocycles. The van der Waals surface area contributed by atoms with Crippen molar-refractivity contribution in [1.82, 2.24) is 15.1 Å². The largest absolute Gasteiger partial charge is 0.496 e. The number of carbonyl (C=O) groups excluding carboxylic acids is 1. The van der Waals surface area contributed by atoms with E-state index in [1.54, 1.807) is 18.1 Å². The average Bonchev–Trinajstić information content (AvgIpc) is 3.25. The minimum Gasteiger partial charge on any atom is -0.496 e. The normalized spacial score (nSPS) is 17.0. The summed E-state index contributed by atoms with van der Waals surface area (Å²) in [6.45, 7) is 3.68. The molecule has 6 nitrogen and oxygen atoms in total. The fraction of sp³-hybridized carbons (Fsp3) is 0.444. The summed E-state index contributed by atoms with van der Waals surface area (Å²) in [7, 11) is 1.64. The summed E-state index contributed by atoms with van der Waals surface area (Å²) in [5, 5.41) is 6.94. The first-order valence-electron chi connectivity index (χ1n) is 8.22. The Morgan fingerprint density at radius 3 is 2.96 bits per heavy atom. The van der Waals surface area contributed by atoms with Crippen molar-refractivity contribution >= 4 is 5.91 Å². The molecule has 128 valence electrons. The lowest BCUT2D eigenvalue weighted by Crippen LogP contribution is -2.37. The standard InChI is InChI=1S/C18H23N3O3/c1-13-10-16(20-19-13)18(22)21(12-15-7-5-9-24-15)11-14-6-3-4-8-17(14)23-2/h3-4,6,8,10,15H,5,7,9,11-12H2,1-2H3,(H,19,20). The molecule has 1 amide bonds. The van der Waals surface area contributed by atoms with E-state index in [9.17, 15) is 4.79 Å². The van der Waals surface area contributed by atoms with E-state index >= 15 is 0 Å². The second kappa shape index (κ2) is 7.49. The zero-order valence-corrected chi connectivity index (χ0v) is 14.1. The quantitative estimate of drug-likeness (QED) is 0.884. The van der Waals surface area contributed by atoms with Gasteiger partial charge in [0.05, 0.1) is 13.2 Å². The van der Waals surface area contributed by atoms with Gasteiger partial charge in [0.15, 0.2) is 0 Å². The maximum absolute atomic E-state index is 12.9. The van der Waals surface area contributed by atoms with Crippen molar-refractivity contribution in [3.05, 3.63) is 47.3 Å². The number of aromatic amines is 1. The minimum absolute atomic E-state index is 0.0868. The van der Waals surface area contributed by atoms with Gasteiger partial charge in [-0.1, -0.05) is 18.2 Å². The Labute approximate surface area is 141 Å². The van der Waals surface area contributed by atoms with Crippen LogP contribution < -0.4 is 4.74 Å².